The van der Waals surface area contributed by atoms with Crippen LogP contribution in [0, 0.1) is 5.92 Å². The van der Waals surface area contributed by atoms with Crippen molar-refractivity contribution >= 4 is 0 Å². The molecule has 0 radical (unpaired) electrons. The van der Waals surface area contributed by atoms with Gasteiger partial charge in [0.1, 0.15) is 5.75 Å². The summed E-state index contributed by atoms with van der Waals surface area (Å²) < 4.78 is 0. The summed E-state index contributed by atoms with van der Waals surface area (Å²) in [6.45, 7) is 1.96. The quantitative estimate of drug-likeness (QED) is 0.683. The van der Waals surface area contributed by atoms with Gasteiger partial charge in [-0.2, -0.15) is 0 Å². The Hall–Kier alpha value is -1.06. The lowest BCUT2D eigenvalue weighted by Crippen LogP contribution is -2.10. The molecule has 1 rings (SSSR count). The van der Waals surface area contributed by atoms with Crippen LogP contribution in [0.25, 0.3) is 0 Å². The lowest BCUT2D eigenvalue weighted by Gasteiger charge is -2.18. The normalized spacial score (nSPS) is 15.1. The van der Waals surface area contributed by atoms with E-state index >= 15 is 0 Å². The molecule has 0 bridgehead atoms. The zero-order chi connectivity index (χ0) is 10.6. The van der Waals surface area contributed by atoms with Crippen molar-refractivity contribution in [2.24, 2.45) is 5.92 Å². The van der Waals surface area contributed by atoms with Gasteiger partial charge in [0.05, 0.1) is 6.10 Å². The first-order valence-corrected chi connectivity index (χ1v) is 4.73. The van der Waals surface area contributed by atoms with E-state index in [9.17, 15) is 5.11 Å². The van der Waals surface area contributed by atoms with Crippen LogP contribution in [0.3, 0.4) is 0 Å². The average Bonchev–Trinajstić information content (AvgIpc) is 2.18. The summed E-state index contributed by atoms with van der Waals surface area (Å²) in [6, 6.07) is 6.47. The van der Waals surface area contributed by atoms with E-state index in [1.807, 2.05) is 6.92 Å². The first-order chi connectivity index (χ1) is 6.65. The number of rotatable bonds is 4. The second-order valence-corrected chi connectivity index (χ2v) is 3.53. The van der Waals surface area contributed by atoms with Crippen LogP contribution in [0.1, 0.15) is 25.0 Å². The SMILES string of the molecule is C[C@@H](CCO)[C@@H](O)c1ccc(O)cc1. The predicted molar refractivity (Wildman–Crippen MR) is 53.9 cm³/mol. The van der Waals surface area contributed by atoms with Gasteiger partial charge in [-0.1, -0.05) is 19.1 Å². The molecule has 0 unspecified atom stereocenters. The molecule has 3 N–H and O–H groups in total. The first kappa shape index (κ1) is 11.0. The Bertz CT molecular complexity index is 268. The van der Waals surface area contributed by atoms with Gasteiger partial charge >= 0.3 is 0 Å². The number of hydrogen-bond acceptors (Lipinski definition) is 3. The van der Waals surface area contributed by atoms with Crippen molar-refractivity contribution in [1.82, 2.24) is 0 Å². The minimum Gasteiger partial charge on any atom is -0.508 e. The Labute approximate surface area is 83.6 Å². The second kappa shape index (κ2) is 4.98. The fraction of sp³-hybridized carbons (Fsp3) is 0.455. The maximum absolute atomic E-state index is 9.82. The summed E-state index contributed by atoms with van der Waals surface area (Å²) >= 11 is 0. The van der Waals surface area contributed by atoms with Crippen molar-refractivity contribution in [3.05, 3.63) is 29.8 Å². The van der Waals surface area contributed by atoms with E-state index in [1.54, 1.807) is 24.3 Å². The highest BCUT2D eigenvalue weighted by Crippen LogP contribution is 2.25. The van der Waals surface area contributed by atoms with Crippen LogP contribution in [0.2, 0.25) is 0 Å². The van der Waals surface area contributed by atoms with Gasteiger partial charge in [0.25, 0.3) is 0 Å². The molecule has 0 fully saturated rings. The summed E-state index contributed by atoms with van der Waals surface area (Å²) in [5.41, 5.74) is 0.767. The van der Waals surface area contributed by atoms with E-state index in [0.29, 0.717) is 6.42 Å². The number of aliphatic hydroxyl groups excluding tert-OH is 2. The van der Waals surface area contributed by atoms with Crippen LogP contribution in [-0.2, 0) is 0 Å². The summed E-state index contributed by atoms with van der Waals surface area (Å²) in [5.74, 6) is 0.209. The van der Waals surface area contributed by atoms with Crippen LogP contribution < -0.4 is 0 Å². The molecular weight excluding hydrogens is 180 g/mol. The molecule has 0 heterocycles. The summed E-state index contributed by atoms with van der Waals surface area (Å²) in [7, 11) is 0. The molecule has 0 aliphatic carbocycles. The highest BCUT2D eigenvalue weighted by molar-refractivity contribution is 5.27. The summed E-state index contributed by atoms with van der Waals surface area (Å²) in [5, 5.41) is 27.6. The van der Waals surface area contributed by atoms with E-state index in [0.717, 1.165) is 5.56 Å². The van der Waals surface area contributed by atoms with Gasteiger partial charge < -0.3 is 15.3 Å². The minimum atomic E-state index is -0.581. The third-order valence-electron chi connectivity index (χ3n) is 2.36. The third kappa shape index (κ3) is 2.72. The number of phenolic OH excluding ortho intramolecular Hbond substituents is 1. The number of hydrogen-bond donors (Lipinski definition) is 3. The van der Waals surface area contributed by atoms with Crippen LogP contribution >= 0.6 is 0 Å². The largest absolute Gasteiger partial charge is 0.508 e. The van der Waals surface area contributed by atoms with Crippen molar-refractivity contribution in [3.8, 4) is 5.75 Å². The van der Waals surface area contributed by atoms with Crippen molar-refractivity contribution in [2.45, 2.75) is 19.4 Å². The predicted octanol–water partition coefficient (Wildman–Crippen LogP) is 1.44. The zero-order valence-corrected chi connectivity index (χ0v) is 8.22. The van der Waals surface area contributed by atoms with Crippen molar-refractivity contribution < 1.29 is 15.3 Å². The number of benzene rings is 1. The summed E-state index contributed by atoms with van der Waals surface area (Å²) in [6.07, 6.45) is -0.00932. The maximum atomic E-state index is 9.82. The van der Waals surface area contributed by atoms with Crippen molar-refractivity contribution in [3.63, 3.8) is 0 Å². The highest BCUT2D eigenvalue weighted by Gasteiger charge is 2.15. The van der Waals surface area contributed by atoms with Gasteiger partial charge in [-0.15, -0.1) is 0 Å². The lowest BCUT2D eigenvalue weighted by atomic mass is 9.95. The number of aliphatic hydroxyl groups is 2. The van der Waals surface area contributed by atoms with E-state index in [2.05, 4.69) is 0 Å². The van der Waals surface area contributed by atoms with Gasteiger partial charge in [0.15, 0.2) is 0 Å². The molecule has 0 saturated carbocycles. The van der Waals surface area contributed by atoms with Crippen LogP contribution in [0.4, 0.5) is 0 Å². The Morgan fingerprint density at radius 1 is 1.21 bits per heavy atom. The Kier molecular flexibility index (Phi) is 3.92. The molecule has 14 heavy (non-hydrogen) atoms. The van der Waals surface area contributed by atoms with Gasteiger partial charge in [-0.25, -0.2) is 0 Å². The molecule has 1 aromatic carbocycles. The maximum Gasteiger partial charge on any atom is 0.115 e. The third-order valence-corrected chi connectivity index (χ3v) is 2.36. The van der Waals surface area contributed by atoms with Crippen molar-refractivity contribution in [1.29, 1.82) is 0 Å². The topological polar surface area (TPSA) is 60.7 Å². The summed E-state index contributed by atoms with van der Waals surface area (Å²) in [4.78, 5) is 0. The van der Waals surface area contributed by atoms with Crippen LogP contribution in [0.15, 0.2) is 24.3 Å². The highest BCUT2D eigenvalue weighted by atomic mass is 16.3. The van der Waals surface area contributed by atoms with E-state index in [1.165, 1.54) is 0 Å². The molecule has 0 spiro atoms. The standard InChI is InChI=1S/C11H16O3/c1-8(6-7-12)11(14)9-2-4-10(13)5-3-9/h2-5,8,11-14H,6-7H2,1H3/t8-,11+/m0/s1. The molecule has 0 aliphatic heterocycles. The molecule has 0 amide bonds. The molecule has 0 aliphatic rings. The van der Waals surface area contributed by atoms with Crippen LogP contribution in [-0.4, -0.2) is 21.9 Å². The van der Waals surface area contributed by atoms with Crippen molar-refractivity contribution in [2.75, 3.05) is 6.61 Å². The smallest absolute Gasteiger partial charge is 0.115 e. The molecule has 0 aromatic heterocycles. The molecule has 3 heteroatoms. The molecule has 0 saturated heterocycles. The Morgan fingerprint density at radius 2 is 1.79 bits per heavy atom. The molecule has 78 valence electrons. The fourth-order valence-electron chi connectivity index (χ4n) is 1.36. The fourth-order valence-corrected chi connectivity index (χ4v) is 1.36. The molecular formula is C11H16O3. The molecule has 1 aromatic rings. The van der Waals surface area contributed by atoms with Crippen LogP contribution in [0.5, 0.6) is 5.75 Å². The molecule has 3 nitrogen and oxygen atoms in total. The van der Waals surface area contributed by atoms with E-state index < -0.39 is 6.10 Å². The average molecular weight is 196 g/mol. The van der Waals surface area contributed by atoms with E-state index in [4.69, 9.17) is 10.2 Å². The second-order valence-electron chi connectivity index (χ2n) is 3.53. The first-order valence-electron chi connectivity index (χ1n) is 4.73. The van der Waals surface area contributed by atoms with Gasteiger partial charge in [0, 0.05) is 6.61 Å². The number of phenols is 1. The van der Waals surface area contributed by atoms with Gasteiger partial charge in [0.2, 0.25) is 0 Å². The monoisotopic (exact) mass is 196 g/mol. The van der Waals surface area contributed by atoms with Gasteiger partial charge in [-0.05, 0) is 30.0 Å². The zero-order valence-electron chi connectivity index (χ0n) is 8.22. The van der Waals surface area contributed by atoms with E-state index in [-0.39, 0.29) is 18.3 Å². The Balaban J connectivity index is 2.68. The Morgan fingerprint density at radius 3 is 2.29 bits per heavy atom. The molecule has 2 atom stereocenters. The lowest BCUT2D eigenvalue weighted by molar-refractivity contribution is 0.0990. The minimum absolute atomic E-state index is 0.0181. The van der Waals surface area contributed by atoms with Gasteiger partial charge in [-0.3, -0.25) is 0 Å². The number of aromatic hydroxyl groups is 1.